The van der Waals surface area contributed by atoms with Gasteiger partial charge in [-0.3, -0.25) is 0 Å². The zero-order chi connectivity index (χ0) is 15.0. The van der Waals surface area contributed by atoms with Gasteiger partial charge in [-0.25, -0.2) is 4.39 Å². The van der Waals surface area contributed by atoms with E-state index in [1.165, 1.54) is 18.3 Å². The van der Waals surface area contributed by atoms with Crippen molar-refractivity contribution < 1.29 is 9.50 Å². The summed E-state index contributed by atoms with van der Waals surface area (Å²) < 4.78 is 14.0. The molecule has 0 atom stereocenters. The van der Waals surface area contributed by atoms with Crippen molar-refractivity contribution in [1.29, 1.82) is 0 Å². The van der Waals surface area contributed by atoms with E-state index >= 15 is 0 Å². The largest absolute Gasteiger partial charge is 0.508 e. The molecule has 1 heterocycles. The third-order valence-corrected chi connectivity index (χ3v) is 3.39. The van der Waals surface area contributed by atoms with E-state index in [-0.39, 0.29) is 23.8 Å². The lowest BCUT2D eigenvalue weighted by atomic mass is 10.1. The molecule has 1 aromatic heterocycles. The summed E-state index contributed by atoms with van der Waals surface area (Å²) in [7, 11) is 0. The molecule has 0 saturated heterocycles. The third-order valence-electron chi connectivity index (χ3n) is 3.16. The Morgan fingerprint density at radius 3 is 2.73 bits per heavy atom. The molecule has 0 unspecified atom stereocenters. The lowest BCUT2D eigenvalue weighted by Gasteiger charge is -2.11. The highest BCUT2D eigenvalue weighted by atomic mass is 35.5. The summed E-state index contributed by atoms with van der Waals surface area (Å²) in [6, 6.07) is 7.77. The molecule has 2 aromatic carbocycles. The van der Waals surface area contributed by atoms with E-state index in [1.54, 1.807) is 25.1 Å². The van der Waals surface area contributed by atoms with Gasteiger partial charge in [0.15, 0.2) is 0 Å². The van der Waals surface area contributed by atoms with Crippen molar-refractivity contribution in [2.75, 3.05) is 5.32 Å². The molecule has 4 nitrogen and oxygen atoms in total. The van der Waals surface area contributed by atoms with Crippen LogP contribution >= 0.6 is 24.0 Å². The summed E-state index contributed by atoms with van der Waals surface area (Å²) in [5.41, 5.74) is 1.83. The molecule has 114 valence electrons. The van der Waals surface area contributed by atoms with E-state index in [1.807, 2.05) is 0 Å². The van der Waals surface area contributed by atoms with E-state index in [4.69, 9.17) is 11.6 Å². The van der Waals surface area contributed by atoms with Gasteiger partial charge in [0, 0.05) is 16.5 Å². The van der Waals surface area contributed by atoms with Gasteiger partial charge < -0.3 is 10.4 Å². The molecule has 0 saturated carbocycles. The van der Waals surface area contributed by atoms with Crippen molar-refractivity contribution in [3.8, 4) is 5.75 Å². The molecule has 0 aliphatic rings. The van der Waals surface area contributed by atoms with E-state index in [2.05, 4.69) is 15.5 Å². The Kier molecular flexibility index (Phi) is 4.68. The van der Waals surface area contributed by atoms with Crippen molar-refractivity contribution in [2.24, 2.45) is 0 Å². The first-order valence-corrected chi connectivity index (χ1v) is 6.59. The number of nitrogens with one attached hydrogen (secondary N) is 1. The minimum Gasteiger partial charge on any atom is -0.508 e. The van der Waals surface area contributed by atoms with Crippen molar-refractivity contribution in [3.63, 3.8) is 0 Å². The number of anilines is 2. The summed E-state index contributed by atoms with van der Waals surface area (Å²) in [6.45, 7) is 1.63. The van der Waals surface area contributed by atoms with Gasteiger partial charge in [0.2, 0.25) is 0 Å². The number of hydrogen-bond donors (Lipinski definition) is 2. The van der Waals surface area contributed by atoms with Crippen LogP contribution in [0.15, 0.2) is 36.5 Å². The summed E-state index contributed by atoms with van der Waals surface area (Å²) in [5, 5.41) is 21.7. The highest BCUT2D eigenvalue weighted by Gasteiger charge is 2.10. The number of halogens is 3. The molecule has 3 rings (SSSR count). The van der Waals surface area contributed by atoms with Gasteiger partial charge >= 0.3 is 0 Å². The molecule has 22 heavy (non-hydrogen) atoms. The van der Waals surface area contributed by atoms with Crippen LogP contribution in [0.5, 0.6) is 5.75 Å². The van der Waals surface area contributed by atoms with Crippen LogP contribution in [0.4, 0.5) is 15.8 Å². The van der Waals surface area contributed by atoms with Gasteiger partial charge in [-0.15, -0.1) is 12.4 Å². The van der Waals surface area contributed by atoms with Gasteiger partial charge in [-0.2, -0.15) is 10.2 Å². The van der Waals surface area contributed by atoms with Crippen LogP contribution in [-0.4, -0.2) is 15.3 Å². The van der Waals surface area contributed by atoms with Crippen molar-refractivity contribution in [1.82, 2.24) is 10.2 Å². The zero-order valence-electron chi connectivity index (χ0n) is 11.5. The maximum atomic E-state index is 14.0. The molecule has 0 fully saturated rings. The summed E-state index contributed by atoms with van der Waals surface area (Å²) >= 11 is 5.98. The Hall–Kier alpha value is -2.11. The summed E-state index contributed by atoms with van der Waals surface area (Å²) in [6.07, 6.45) is 1.48. The molecule has 7 heteroatoms. The average molecular weight is 340 g/mol. The SMILES string of the molecule is Cc1cc(F)c(Nc2cnnc3ccc(Cl)cc23)cc1O.Cl. The molecule has 0 spiro atoms. The molecular formula is C15H12Cl2FN3O. The van der Waals surface area contributed by atoms with Gasteiger partial charge in [0.1, 0.15) is 11.6 Å². The van der Waals surface area contributed by atoms with Crippen LogP contribution in [0.2, 0.25) is 5.02 Å². The van der Waals surface area contributed by atoms with Crippen LogP contribution in [0.25, 0.3) is 10.9 Å². The van der Waals surface area contributed by atoms with E-state index < -0.39 is 5.82 Å². The maximum Gasteiger partial charge on any atom is 0.147 e. The van der Waals surface area contributed by atoms with E-state index in [9.17, 15) is 9.50 Å². The van der Waals surface area contributed by atoms with Gasteiger partial charge in [-0.1, -0.05) is 11.6 Å². The maximum absolute atomic E-state index is 14.0. The molecule has 0 aliphatic carbocycles. The number of aryl methyl sites for hydroxylation is 1. The second-order valence-corrected chi connectivity index (χ2v) is 5.10. The number of phenols is 1. The van der Waals surface area contributed by atoms with Crippen molar-refractivity contribution in [3.05, 3.63) is 52.9 Å². The van der Waals surface area contributed by atoms with Crippen LogP contribution < -0.4 is 5.32 Å². The van der Waals surface area contributed by atoms with Crippen LogP contribution in [0.1, 0.15) is 5.56 Å². The van der Waals surface area contributed by atoms with Crippen LogP contribution in [0, 0.1) is 12.7 Å². The smallest absolute Gasteiger partial charge is 0.147 e. The lowest BCUT2D eigenvalue weighted by molar-refractivity contribution is 0.469. The summed E-state index contributed by atoms with van der Waals surface area (Å²) in [4.78, 5) is 0. The number of rotatable bonds is 2. The Bertz CT molecular complexity index is 842. The predicted molar refractivity (Wildman–Crippen MR) is 87.9 cm³/mol. The first kappa shape index (κ1) is 16.3. The number of benzene rings is 2. The molecule has 2 N–H and O–H groups in total. The highest BCUT2D eigenvalue weighted by Crippen LogP contribution is 2.30. The average Bonchev–Trinajstić information content (AvgIpc) is 2.45. The zero-order valence-corrected chi connectivity index (χ0v) is 13.0. The minimum absolute atomic E-state index is 0. The first-order chi connectivity index (χ1) is 10.0. The topological polar surface area (TPSA) is 58.0 Å². The van der Waals surface area contributed by atoms with Gasteiger partial charge in [0.05, 0.1) is 23.1 Å². The molecule has 0 bridgehead atoms. The number of fused-ring (bicyclic) bond motifs is 1. The molecule has 0 aliphatic heterocycles. The third kappa shape index (κ3) is 3.05. The van der Waals surface area contributed by atoms with Crippen molar-refractivity contribution in [2.45, 2.75) is 6.92 Å². The summed E-state index contributed by atoms with van der Waals surface area (Å²) in [5.74, 6) is -0.444. The Labute approximate surface area is 137 Å². The Morgan fingerprint density at radius 2 is 1.95 bits per heavy atom. The number of aromatic nitrogens is 2. The highest BCUT2D eigenvalue weighted by molar-refractivity contribution is 6.31. The van der Waals surface area contributed by atoms with Gasteiger partial charge in [0.25, 0.3) is 0 Å². The fourth-order valence-electron chi connectivity index (χ4n) is 2.03. The monoisotopic (exact) mass is 339 g/mol. The number of aromatic hydroxyl groups is 1. The number of phenolic OH excluding ortho intramolecular Hbond substituents is 1. The van der Waals surface area contributed by atoms with E-state index in [0.29, 0.717) is 21.8 Å². The molecule has 0 amide bonds. The quantitative estimate of drug-likeness (QED) is 0.716. The minimum atomic E-state index is -0.461. The van der Waals surface area contributed by atoms with Crippen LogP contribution in [0.3, 0.4) is 0 Å². The fraction of sp³-hybridized carbons (Fsp3) is 0.0667. The number of hydrogen-bond acceptors (Lipinski definition) is 4. The van der Waals surface area contributed by atoms with Crippen LogP contribution in [-0.2, 0) is 0 Å². The predicted octanol–water partition coefficient (Wildman–Crippen LogP) is 4.60. The van der Waals surface area contributed by atoms with Gasteiger partial charge in [-0.05, 0) is 36.8 Å². The molecule has 0 radical (unpaired) electrons. The second kappa shape index (κ2) is 6.34. The fourth-order valence-corrected chi connectivity index (χ4v) is 2.20. The second-order valence-electron chi connectivity index (χ2n) is 4.66. The number of nitrogens with zero attached hydrogens (tertiary/aromatic N) is 2. The first-order valence-electron chi connectivity index (χ1n) is 6.21. The van der Waals surface area contributed by atoms with E-state index in [0.717, 1.165) is 5.39 Å². The lowest BCUT2D eigenvalue weighted by Crippen LogP contribution is -1.97. The molecule has 3 aromatic rings. The normalized spacial score (nSPS) is 10.3. The van der Waals surface area contributed by atoms with Crippen molar-refractivity contribution >= 4 is 46.3 Å². The Morgan fingerprint density at radius 1 is 1.18 bits per heavy atom. The molecular weight excluding hydrogens is 328 g/mol. The standard InChI is InChI=1S/C15H11ClFN3O.ClH/c1-8-4-11(17)13(6-15(8)21)19-14-7-18-20-12-3-2-9(16)5-10(12)14;/h2-7,21H,1H3,(H,19,20);1H. The Balaban J connectivity index is 0.00000176.